The molecule has 0 aromatic heterocycles. The van der Waals surface area contributed by atoms with Gasteiger partial charge in [-0.25, -0.2) is 4.79 Å². The van der Waals surface area contributed by atoms with Crippen molar-refractivity contribution in [1.82, 2.24) is 19.6 Å². The van der Waals surface area contributed by atoms with Crippen LogP contribution in [-0.4, -0.2) is 95.6 Å². The Hall–Kier alpha value is -2.19. The highest BCUT2D eigenvalue weighted by Crippen LogP contribution is 2.34. The van der Waals surface area contributed by atoms with Gasteiger partial charge in [-0.2, -0.15) is 8.78 Å². The molecule has 1 aromatic carbocycles. The van der Waals surface area contributed by atoms with Crippen molar-refractivity contribution in [2.24, 2.45) is 0 Å². The summed E-state index contributed by atoms with van der Waals surface area (Å²) < 4.78 is 35.6. The Morgan fingerprint density at radius 1 is 1.03 bits per heavy atom. The molecule has 8 heteroatoms. The van der Waals surface area contributed by atoms with Gasteiger partial charge in [0.1, 0.15) is 5.60 Å². The monoisotopic (exact) mass is 476 g/mol. The largest absolute Gasteiger partial charge is 0.444 e. The van der Waals surface area contributed by atoms with E-state index in [4.69, 9.17) is 4.74 Å². The molecule has 0 atom stereocenters. The number of ether oxygens (including phenoxy) is 1. The van der Waals surface area contributed by atoms with Gasteiger partial charge in [0.25, 0.3) is 5.92 Å². The summed E-state index contributed by atoms with van der Waals surface area (Å²) in [7, 11) is 0. The number of piperazine rings is 1. The first-order valence-electron chi connectivity index (χ1n) is 12.4. The van der Waals surface area contributed by atoms with Gasteiger partial charge in [0, 0.05) is 58.4 Å². The summed E-state index contributed by atoms with van der Waals surface area (Å²) in [6, 6.07) is 10.2. The van der Waals surface area contributed by atoms with Crippen molar-refractivity contribution in [2.45, 2.75) is 57.7 Å². The number of carbonyl (C=O) groups excluding carboxylic acids is 1. The van der Waals surface area contributed by atoms with Crippen LogP contribution in [-0.2, 0) is 11.3 Å². The van der Waals surface area contributed by atoms with Crippen LogP contribution >= 0.6 is 0 Å². The Bertz CT molecular complexity index is 855. The third-order valence-electron chi connectivity index (χ3n) is 6.88. The van der Waals surface area contributed by atoms with Gasteiger partial charge in [0.15, 0.2) is 0 Å². The maximum atomic E-state index is 15.1. The lowest BCUT2D eigenvalue weighted by Crippen LogP contribution is -2.55. The number of nitrogens with zero attached hydrogens (tertiary/aromatic N) is 4. The van der Waals surface area contributed by atoms with Gasteiger partial charge in [0.05, 0.1) is 12.2 Å². The van der Waals surface area contributed by atoms with E-state index in [9.17, 15) is 4.79 Å². The SMILES string of the molecule is CC(C)(C)OC(=O)N1CCN(C2CCN(C3=CCN(Cc4ccccc4)CC3(F)F)CC2)CC1. The lowest BCUT2D eigenvalue weighted by atomic mass is 9.99. The fraction of sp³-hybridized carbons (Fsp3) is 0.654. The van der Waals surface area contributed by atoms with E-state index in [1.54, 1.807) is 11.0 Å². The van der Waals surface area contributed by atoms with Crippen LogP contribution in [0.2, 0.25) is 0 Å². The highest BCUT2D eigenvalue weighted by molar-refractivity contribution is 5.68. The van der Waals surface area contributed by atoms with Crippen molar-refractivity contribution in [2.75, 3.05) is 52.4 Å². The van der Waals surface area contributed by atoms with E-state index in [1.165, 1.54) is 0 Å². The summed E-state index contributed by atoms with van der Waals surface area (Å²) in [5, 5.41) is 0. The minimum atomic E-state index is -2.83. The molecule has 0 aliphatic carbocycles. The van der Waals surface area contributed by atoms with E-state index in [2.05, 4.69) is 4.90 Å². The summed E-state index contributed by atoms with van der Waals surface area (Å²) in [5.74, 6) is -2.83. The normalized spacial score (nSPS) is 23.0. The molecule has 0 unspecified atom stereocenters. The van der Waals surface area contributed by atoms with E-state index in [0.717, 1.165) is 31.5 Å². The molecule has 1 aromatic rings. The van der Waals surface area contributed by atoms with E-state index in [1.807, 2.05) is 60.9 Å². The second-order valence-electron chi connectivity index (χ2n) is 10.7. The third-order valence-corrected chi connectivity index (χ3v) is 6.88. The molecule has 0 bridgehead atoms. The fourth-order valence-corrected chi connectivity index (χ4v) is 5.18. The van der Waals surface area contributed by atoms with E-state index < -0.39 is 11.5 Å². The molecule has 34 heavy (non-hydrogen) atoms. The topological polar surface area (TPSA) is 39.3 Å². The van der Waals surface area contributed by atoms with Crippen LogP contribution in [0, 0.1) is 0 Å². The second-order valence-corrected chi connectivity index (χ2v) is 10.7. The lowest BCUT2D eigenvalue weighted by molar-refractivity contribution is -0.0379. The number of likely N-dealkylation sites (tertiary alicyclic amines) is 1. The summed E-state index contributed by atoms with van der Waals surface area (Å²) >= 11 is 0. The van der Waals surface area contributed by atoms with Crippen molar-refractivity contribution >= 4 is 6.09 Å². The Labute approximate surface area is 202 Å². The predicted octanol–water partition coefficient (Wildman–Crippen LogP) is 4.04. The number of hydrogen-bond acceptors (Lipinski definition) is 5. The Kier molecular flexibility index (Phi) is 7.48. The average molecular weight is 477 g/mol. The first-order valence-corrected chi connectivity index (χ1v) is 12.4. The van der Waals surface area contributed by atoms with E-state index in [0.29, 0.717) is 45.3 Å². The van der Waals surface area contributed by atoms with Gasteiger partial charge in [-0.1, -0.05) is 30.3 Å². The number of rotatable bonds is 4. The molecule has 3 aliphatic heterocycles. The van der Waals surface area contributed by atoms with Crippen LogP contribution in [0.4, 0.5) is 13.6 Å². The van der Waals surface area contributed by atoms with E-state index >= 15 is 8.78 Å². The number of benzene rings is 1. The molecule has 0 saturated carbocycles. The molecule has 3 aliphatic rings. The smallest absolute Gasteiger partial charge is 0.410 e. The molecule has 0 N–H and O–H groups in total. The lowest BCUT2D eigenvalue weighted by Gasteiger charge is -2.45. The molecule has 6 nitrogen and oxygen atoms in total. The number of halogens is 2. The molecule has 3 heterocycles. The molecular formula is C26H38F2N4O2. The van der Waals surface area contributed by atoms with Gasteiger partial charge in [0.2, 0.25) is 0 Å². The molecule has 4 rings (SSSR count). The number of carbonyl (C=O) groups is 1. The number of hydrogen-bond donors (Lipinski definition) is 0. The maximum Gasteiger partial charge on any atom is 0.410 e. The highest BCUT2D eigenvalue weighted by Gasteiger charge is 2.43. The minimum absolute atomic E-state index is 0.199. The molecule has 0 radical (unpaired) electrons. The zero-order valence-corrected chi connectivity index (χ0v) is 20.7. The summed E-state index contributed by atoms with van der Waals surface area (Å²) in [6.07, 6.45) is 3.21. The van der Waals surface area contributed by atoms with Crippen molar-refractivity contribution < 1.29 is 18.3 Å². The van der Waals surface area contributed by atoms with Crippen molar-refractivity contribution in [3.05, 3.63) is 47.7 Å². The number of amides is 1. The van der Waals surface area contributed by atoms with Crippen molar-refractivity contribution in [3.63, 3.8) is 0 Å². The number of alkyl halides is 2. The van der Waals surface area contributed by atoms with Gasteiger partial charge in [-0.15, -0.1) is 0 Å². The Morgan fingerprint density at radius 2 is 1.68 bits per heavy atom. The number of piperidine rings is 1. The summed E-state index contributed by atoms with van der Waals surface area (Å²) in [4.78, 5) is 20.2. The van der Waals surface area contributed by atoms with Crippen LogP contribution in [0.3, 0.4) is 0 Å². The Morgan fingerprint density at radius 3 is 2.26 bits per heavy atom. The first kappa shape index (κ1) is 24.9. The second kappa shape index (κ2) is 10.2. The van der Waals surface area contributed by atoms with Crippen LogP contribution in [0.15, 0.2) is 42.1 Å². The van der Waals surface area contributed by atoms with Crippen molar-refractivity contribution in [1.29, 1.82) is 0 Å². The summed E-state index contributed by atoms with van der Waals surface area (Å²) in [5.41, 5.74) is 0.767. The predicted molar refractivity (Wildman–Crippen MR) is 129 cm³/mol. The quantitative estimate of drug-likeness (QED) is 0.656. The van der Waals surface area contributed by atoms with Gasteiger partial charge in [-0.05, 0) is 45.3 Å². The van der Waals surface area contributed by atoms with E-state index in [-0.39, 0.29) is 18.3 Å². The molecule has 2 saturated heterocycles. The minimum Gasteiger partial charge on any atom is -0.444 e. The van der Waals surface area contributed by atoms with Gasteiger partial charge >= 0.3 is 6.09 Å². The summed E-state index contributed by atoms with van der Waals surface area (Å²) in [6.45, 7) is 10.7. The molecule has 2 fully saturated rings. The maximum absolute atomic E-state index is 15.1. The van der Waals surface area contributed by atoms with Crippen LogP contribution in [0.5, 0.6) is 0 Å². The van der Waals surface area contributed by atoms with Gasteiger partial charge < -0.3 is 14.5 Å². The fourth-order valence-electron chi connectivity index (χ4n) is 5.18. The third kappa shape index (κ3) is 6.27. The molecule has 0 spiro atoms. The zero-order chi connectivity index (χ0) is 24.3. The van der Waals surface area contributed by atoms with Crippen LogP contribution in [0.25, 0.3) is 0 Å². The van der Waals surface area contributed by atoms with Crippen LogP contribution < -0.4 is 0 Å². The molecular weight excluding hydrogens is 438 g/mol. The van der Waals surface area contributed by atoms with Gasteiger partial charge in [-0.3, -0.25) is 9.80 Å². The van der Waals surface area contributed by atoms with Crippen molar-refractivity contribution in [3.8, 4) is 0 Å². The Balaban J connectivity index is 1.26. The van der Waals surface area contributed by atoms with Crippen LogP contribution in [0.1, 0.15) is 39.2 Å². The average Bonchev–Trinajstić information content (AvgIpc) is 2.78. The zero-order valence-electron chi connectivity index (χ0n) is 20.7. The standard InChI is InChI=1S/C26H38F2N4O2/c1-25(2,3)34-24(33)32-17-15-30(16-18-32)22-9-13-31(14-10-22)23-11-12-29(20-26(23,27)28)19-21-7-5-4-6-8-21/h4-8,11,22H,9-10,12-20H2,1-3H3. The molecule has 188 valence electrons. The molecule has 1 amide bonds. The first-order chi connectivity index (χ1) is 16.1. The highest BCUT2D eigenvalue weighted by atomic mass is 19.3.